The number of hydrogen-bond acceptors (Lipinski definition) is 8. The molecule has 0 aliphatic heterocycles. The monoisotopic (exact) mass is 877 g/mol. The van der Waals surface area contributed by atoms with Crippen molar-refractivity contribution in [3.8, 4) is 67.9 Å². The Kier molecular flexibility index (Phi) is 10.0. The molecule has 68 heavy (non-hydrogen) atoms. The Morgan fingerprint density at radius 2 is 0.838 bits per heavy atom. The van der Waals surface area contributed by atoms with Crippen LogP contribution in [0.2, 0.25) is 0 Å². The van der Waals surface area contributed by atoms with E-state index in [-0.39, 0.29) is 0 Å². The number of nitrogens with zero attached hydrogens (tertiary/aromatic N) is 5. The zero-order valence-electron chi connectivity index (χ0n) is 36.8. The van der Waals surface area contributed by atoms with E-state index in [1.165, 1.54) is 0 Å². The van der Waals surface area contributed by atoms with E-state index >= 15 is 0 Å². The van der Waals surface area contributed by atoms with Crippen LogP contribution in [0.5, 0.6) is 0 Å². The van der Waals surface area contributed by atoms with Gasteiger partial charge in [-0.25, -0.2) is 24.9 Å². The SMILES string of the molecule is C=C(/C=C\C(=C/C)c1nc(-c2ccc(-c3ccc(-c4nc5ccccc5o4)cc3)cc2)nc(-c2ccc(-c3ccc(-c4nc5ccccc5o4)cc3)cc2)n1)c1cccc2c1oc1ccccc12. The minimum Gasteiger partial charge on any atom is -0.455 e. The van der Waals surface area contributed by atoms with Crippen molar-refractivity contribution in [1.82, 2.24) is 24.9 Å². The number of hydrogen-bond donors (Lipinski definition) is 0. The maximum Gasteiger partial charge on any atom is 0.227 e. The number of benzene rings is 8. The fourth-order valence-electron chi connectivity index (χ4n) is 8.57. The van der Waals surface area contributed by atoms with E-state index in [1.54, 1.807) is 0 Å². The van der Waals surface area contributed by atoms with Gasteiger partial charge in [-0.2, -0.15) is 0 Å². The van der Waals surface area contributed by atoms with Crippen LogP contribution in [0.4, 0.5) is 0 Å². The van der Waals surface area contributed by atoms with Gasteiger partial charge in [-0.3, -0.25) is 0 Å². The number of aromatic nitrogens is 5. The Labute approximate surface area is 391 Å². The summed E-state index contributed by atoms with van der Waals surface area (Å²) in [4.78, 5) is 24.6. The molecule has 12 aromatic rings. The van der Waals surface area contributed by atoms with Crippen molar-refractivity contribution in [2.75, 3.05) is 0 Å². The highest BCUT2D eigenvalue weighted by atomic mass is 16.4. The minimum atomic E-state index is 0.538. The molecule has 0 atom stereocenters. The molecule has 12 rings (SSSR count). The second kappa shape index (κ2) is 16.9. The molecule has 0 spiro atoms. The predicted molar refractivity (Wildman–Crippen MR) is 273 cm³/mol. The van der Waals surface area contributed by atoms with Crippen molar-refractivity contribution >= 4 is 55.3 Å². The largest absolute Gasteiger partial charge is 0.455 e. The Morgan fingerprint density at radius 3 is 1.34 bits per heavy atom. The van der Waals surface area contributed by atoms with Crippen molar-refractivity contribution in [3.63, 3.8) is 0 Å². The zero-order valence-corrected chi connectivity index (χ0v) is 36.8. The van der Waals surface area contributed by atoms with Crippen LogP contribution < -0.4 is 0 Å². The second-order valence-electron chi connectivity index (χ2n) is 16.5. The standard InChI is InChI=1S/C60H39N5O3/c1-3-38(20-19-37(2)47-12-10-13-49-48-11-4-7-16-52(48)66-55(47)49)56-63-57(43-29-21-39(22-30-43)41-25-33-45(34-26-41)59-61-50-14-5-8-17-53(50)67-59)65-58(64-56)44-31-23-40(24-32-44)42-27-35-46(36-28-42)60-62-51-15-6-9-18-54(51)68-60/h3-36H,2H2,1H3/b20-19-,38-3+. The maximum atomic E-state index is 6.34. The maximum absolute atomic E-state index is 6.34. The molecule has 8 aromatic carbocycles. The molecule has 4 heterocycles. The molecule has 0 unspecified atom stereocenters. The molecular weight excluding hydrogens is 839 g/mol. The molecule has 0 saturated carbocycles. The van der Waals surface area contributed by atoms with Crippen molar-refractivity contribution in [2.45, 2.75) is 6.92 Å². The van der Waals surface area contributed by atoms with E-state index in [0.29, 0.717) is 29.3 Å². The molecule has 8 heteroatoms. The third kappa shape index (κ3) is 7.55. The summed E-state index contributed by atoms with van der Waals surface area (Å²) in [5, 5.41) is 2.13. The lowest BCUT2D eigenvalue weighted by molar-refractivity contribution is 0.619. The molecule has 0 saturated heterocycles. The van der Waals surface area contributed by atoms with Gasteiger partial charge in [0.15, 0.2) is 28.6 Å². The molecule has 0 radical (unpaired) electrons. The van der Waals surface area contributed by atoms with Crippen molar-refractivity contribution < 1.29 is 13.3 Å². The first kappa shape index (κ1) is 40.3. The lowest BCUT2D eigenvalue weighted by Gasteiger charge is -2.10. The van der Waals surface area contributed by atoms with E-state index in [0.717, 1.165) is 105 Å². The molecule has 0 aliphatic rings. The summed E-state index contributed by atoms with van der Waals surface area (Å²) in [6.07, 6.45) is 6.01. The number of para-hydroxylation sites is 6. The fourth-order valence-corrected chi connectivity index (χ4v) is 8.57. The zero-order chi connectivity index (χ0) is 45.6. The van der Waals surface area contributed by atoms with E-state index < -0.39 is 0 Å². The Hall–Kier alpha value is -9.27. The lowest BCUT2D eigenvalue weighted by Crippen LogP contribution is -2.02. The van der Waals surface area contributed by atoms with Crippen LogP contribution in [0.15, 0.2) is 226 Å². The molecular formula is C60H39N5O3. The van der Waals surface area contributed by atoms with Gasteiger partial charge >= 0.3 is 0 Å². The highest BCUT2D eigenvalue weighted by Gasteiger charge is 2.16. The number of furan rings is 1. The first-order valence-corrected chi connectivity index (χ1v) is 22.4. The lowest BCUT2D eigenvalue weighted by atomic mass is 10.0. The van der Waals surface area contributed by atoms with Gasteiger partial charge in [-0.05, 0) is 89.3 Å². The van der Waals surface area contributed by atoms with Gasteiger partial charge in [0.2, 0.25) is 11.8 Å². The van der Waals surface area contributed by atoms with Crippen LogP contribution in [0.25, 0.3) is 123 Å². The molecule has 4 aromatic heterocycles. The van der Waals surface area contributed by atoms with E-state index in [1.807, 2.05) is 128 Å². The summed E-state index contributed by atoms with van der Waals surface area (Å²) < 4.78 is 18.4. The van der Waals surface area contributed by atoms with Crippen LogP contribution in [-0.4, -0.2) is 24.9 Å². The summed E-state index contributed by atoms with van der Waals surface area (Å²) in [5.74, 6) is 2.84. The number of rotatable bonds is 10. The summed E-state index contributed by atoms with van der Waals surface area (Å²) in [6, 6.07) is 62.9. The minimum absolute atomic E-state index is 0.538. The first-order chi connectivity index (χ1) is 33.5. The Bertz CT molecular complexity index is 3670. The van der Waals surface area contributed by atoms with Crippen LogP contribution in [0, 0.1) is 0 Å². The smallest absolute Gasteiger partial charge is 0.227 e. The third-order valence-electron chi connectivity index (χ3n) is 12.2. The van der Waals surface area contributed by atoms with Crippen molar-refractivity contribution in [3.05, 3.63) is 224 Å². The quantitative estimate of drug-likeness (QED) is 0.125. The molecule has 8 nitrogen and oxygen atoms in total. The normalized spacial score (nSPS) is 12.0. The molecule has 0 fully saturated rings. The van der Waals surface area contributed by atoms with Gasteiger partial charge in [0.25, 0.3) is 0 Å². The van der Waals surface area contributed by atoms with E-state index in [4.69, 9.17) is 28.2 Å². The number of oxazole rings is 2. The molecule has 0 aliphatic carbocycles. The number of allylic oxidation sites excluding steroid dienone is 5. The van der Waals surface area contributed by atoms with Crippen molar-refractivity contribution in [2.24, 2.45) is 0 Å². The highest BCUT2D eigenvalue weighted by Crippen LogP contribution is 2.35. The van der Waals surface area contributed by atoms with Crippen LogP contribution in [0.3, 0.4) is 0 Å². The van der Waals surface area contributed by atoms with Crippen LogP contribution in [0.1, 0.15) is 18.3 Å². The Morgan fingerprint density at radius 1 is 0.397 bits per heavy atom. The van der Waals surface area contributed by atoms with Crippen LogP contribution in [-0.2, 0) is 0 Å². The van der Waals surface area contributed by atoms with Gasteiger partial charge in [-0.15, -0.1) is 0 Å². The summed E-state index contributed by atoms with van der Waals surface area (Å²) in [6.45, 7) is 6.44. The fraction of sp³-hybridized carbons (Fsp3) is 0.0167. The first-order valence-electron chi connectivity index (χ1n) is 22.4. The number of fused-ring (bicyclic) bond motifs is 5. The molecule has 322 valence electrons. The summed E-state index contributed by atoms with van der Waals surface area (Å²) in [5.41, 5.74) is 15.2. The van der Waals surface area contributed by atoms with Gasteiger partial charge in [0.1, 0.15) is 22.2 Å². The summed E-state index contributed by atoms with van der Waals surface area (Å²) >= 11 is 0. The molecule has 0 bridgehead atoms. The third-order valence-corrected chi connectivity index (χ3v) is 12.2. The molecule has 0 amide bonds. The summed E-state index contributed by atoms with van der Waals surface area (Å²) in [7, 11) is 0. The predicted octanol–water partition coefficient (Wildman–Crippen LogP) is 15.7. The van der Waals surface area contributed by atoms with Crippen molar-refractivity contribution in [1.29, 1.82) is 0 Å². The van der Waals surface area contributed by atoms with E-state index in [9.17, 15) is 0 Å². The van der Waals surface area contributed by atoms with Crippen LogP contribution >= 0.6 is 0 Å². The van der Waals surface area contributed by atoms with Gasteiger partial charge < -0.3 is 13.3 Å². The van der Waals surface area contributed by atoms with Gasteiger partial charge in [0.05, 0.1) is 0 Å². The van der Waals surface area contributed by atoms with E-state index in [2.05, 4.69) is 101 Å². The Balaban J connectivity index is 0.859. The molecule has 0 N–H and O–H groups in total. The topological polar surface area (TPSA) is 104 Å². The second-order valence-corrected chi connectivity index (χ2v) is 16.5. The average Bonchev–Trinajstić information content (AvgIpc) is 4.15. The highest BCUT2D eigenvalue weighted by molar-refractivity contribution is 6.08. The van der Waals surface area contributed by atoms with Gasteiger partial charge in [-0.1, -0.05) is 158 Å². The average molecular weight is 878 g/mol. The van der Waals surface area contributed by atoms with Gasteiger partial charge in [0, 0.05) is 44.2 Å².